The Labute approximate surface area is 129 Å². The summed E-state index contributed by atoms with van der Waals surface area (Å²) in [5.41, 5.74) is 0.952. The van der Waals surface area contributed by atoms with Crippen LogP contribution in [0, 0.1) is 5.92 Å². The molecule has 0 aliphatic heterocycles. The number of hydrogen-bond donors (Lipinski definition) is 1. The van der Waals surface area contributed by atoms with Crippen LogP contribution < -0.4 is 5.32 Å². The van der Waals surface area contributed by atoms with Crippen molar-refractivity contribution in [2.45, 2.75) is 45.1 Å². The molecule has 112 valence electrons. The van der Waals surface area contributed by atoms with Crippen molar-refractivity contribution in [2.24, 2.45) is 5.92 Å². The van der Waals surface area contributed by atoms with Gasteiger partial charge in [-0.05, 0) is 37.0 Å². The Kier molecular flexibility index (Phi) is 4.44. The van der Waals surface area contributed by atoms with Gasteiger partial charge in [-0.15, -0.1) is 0 Å². The minimum atomic E-state index is 0.456. The van der Waals surface area contributed by atoms with Gasteiger partial charge in [-0.2, -0.15) is 4.98 Å². The molecule has 0 spiro atoms. The summed E-state index contributed by atoms with van der Waals surface area (Å²) in [5.74, 6) is 2.71. The molecule has 2 unspecified atom stereocenters. The minimum absolute atomic E-state index is 0.456. The van der Waals surface area contributed by atoms with E-state index in [1.54, 1.807) is 0 Å². The molecule has 1 heterocycles. The molecule has 0 radical (unpaired) electrons. The molecule has 5 heteroatoms. The maximum absolute atomic E-state index is 5.95. The van der Waals surface area contributed by atoms with E-state index in [-0.39, 0.29) is 0 Å². The highest BCUT2D eigenvalue weighted by Crippen LogP contribution is 2.34. The number of halogens is 1. The van der Waals surface area contributed by atoms with Crippen molar-refractivity contribution in [3.8, 4) is 0 Å². The van der Waals surface area contributed by atoms with Crippen molar-refractivity contribution in [3.05, 3.63) is 41.0 Å². The van der Waals surface area contributed by atoms with Crippen molar-refractivity contribution in [3.63, 3.8) is 0 Å². The highest BCUT2D eigenvalue weighted by atomic mass is 35.5. The number of benzene rings is 1. The van der Waals surface area contributed by atoms with E-state index in [1.807, 2.05) is 24.3 Å². The molecular weight excluding hydrogens is 286 g/mol. The Morgan fingerprint density at radius 1 is 1.38 bits per heavy atom. The molecule has 4 nitrogen and oxygen atoms in total. The summed E-state index contributed by atoms with van der Waals surface area (Å²) in [5, 5.41) is 8.11. The third kappa shape index (κ3) is 3.76. The molecular formula is C16H20ClN3O. The highest BCUT2D eigenvalue weighted by Gasteiger charge is 2.24. The van der Waals surface area contributed by atoms with Gasteiger partial charge in [-0.25, -0.2) is 0 Å². The van der Waals surface area contributed by atoms with E-state index in [0.29, 0.717) is 23.4 Å². The monoisotopic (exact) mass is 305 g/mol. The summed E-state index contributed by atoms with van der Waals surface area (Å²) in [6.45, 7) is 2.82. The van der Waals surface area contributed by atoms with Gasteiger partial charge >= 0.3 is 0 Å². The van der Waals surface area contributed by atoms with Crippen LogP contribution in [0.1, 0.15) is 50.2 Å². The summed E-state index contributed by atoms with van der Waals surface area (Å²) in [6, 6.07) is 7.60. The second-order valence-electron chi connectivity index (χ2n) is 5.88. The fraction of sp³-hybridized carbons (Fsp3) is 0.500. The maximum atomic E-state index is 5.95. The van der Waals surface area contributed by atoms with E-state index in [0.717, 1.165) is 17.4 Å². The molecule has 1 fully saturated rings. The average molecular weight is 306 g/mol. The Bertz CT molecular complexity index is 599. The minimum Gasteiger partial charge on any atom is -0.376 e. The fourth-order valence-corrected chi connectivity index (χ4v) is 3.14. The van der Waals surface area contributed by atoms with Gasteiger partial charge in [0.1, 0.15) is 0 Å². The molecule has 2 atom stereocenters. The Morgan fingerprint density at radius 3 is 3.10 bits per heavy atom. The van der Waals surface area contributed by atoms with E-state index in [4.69, 9.17) is 16.1 Å². The van der Waals surface area contributed by atoms with Gasteiger partial charge < -0.3 is 9.84 Å². The molecule has 1 saturated carbocycles. The van der Waals surface area contributed by atoms with Crippen LogP contribution >= 0.6 is 11.6 Å². The van der Waals surface area contributed by atoms with Gasteiger partial charge in [-0.3, -0.25) is 0 Å². The van der Waals surface area contributed by atoms with E-state index >= 15 is 0 Å². The molecule has 3 rings (SSSR count). The molecule has 1 aromatic heterocycles. The summed E-state index contributed by atoms with van der Waals surface area (Å²) in [4.78, 5) is 4.53. The first-order valence-corrected chi connectivity index (χ1v) is 7.90. The van der Waals surface area contributed by atoms with Crippen LogP contribution in [0.15, 0.2) is 28.8 Å². The SMILES string of the molecule is CC1CCCC(c2noc(CNc3cccc(Cl)c3)n2)C1. The topological polar surface area (TPSA) is 51.0 Å². The van der Waals surface area contributed by atoms with Crippen molar-refractivity contribution in [1.29, 1.82) is 0 Å². The Morgan fingerprint density at radius 2 is 2.29 bits per heavy atom. The average Bonchev–Trinajstić information content (AvgIpc) is 2.94. The first-order valence-electron chi connectivity index (χ1n) is 7.52. The summed E-state index contributed by atoms with van der Waals surface area (Å²) in [6.07, 6.45) is 4.92. The largest absolute Gasteiger partial charge is 0.376 e. The molecule has 1 N–H and O–H groups in total. The molecule has 1 aromatic carbocycles. The van der Waals surface area contributed by atoms with Crippen molar-refractivity contribution in [1.82, 2.24) is 10.1 Å². The fourth-order valence-electron chi connectivity index (χ4n) is 2.95. The van der Waals surface area contributed by atoms with Crippen molar-refractivity contribution < 1.29 is 4.52 Å². The molecule has 1 aliphatic rings. The van der Waals surface area contributed by atoms with Crippen LogP contribution in [0.2, 0.25) is 5.02 Å². The second-order valence-corrected chi connectivity index (χ2v) is 6.32. The third-order valence-corrected chi connectivity index (χ3v) is 4.29. The van der Waals surface area contributed by atoms with Gasteiger partial charge in [-0.1, -0.05) is 42.6 Å². The summed E-state index contributed by atoms with van der Waals surface area (Å²) >= 11 is 5.95. The van der Waals surface area contributed by atoms with Crippen LogP contribution in [-0.2, 0) is 6.54 Å². The lowest BCUT2D eigenvalue weighted by Crippen LogP contribution is -2.13. The van der Waals surface area contributed by atoms with E-state index in [9.17, 15) is 0 Å². The maximum Gasteiger partial charge on any atom is 0.245 e. The predicted molar refractivity (Wildman–Crippen MR) is 83.4 cm³/mol. The Hall–Kier alpha value is -1.55. The lowest BCUT2D eigenvalue weighted by atomic mass is 9.82. The van der Waals surface area contributed by atoms with Crippen LogP contribution in [0.4, 0.5) is 5.69 Å². The van der Waals surface area contributed by atoms with Crippen LogP contribution in [0.25, 0.3) is 0 Å². The number of aromatic nitrogens is 2. The molecule has 2 aromatic rings. The summed E-state index contributed by atoms with van der Waals surface area (Å²) < 4.78 is 5.35. The lowest BCUT2D eigenvalue weighted by Gasteiger charge is -2.23. The van der Waals surface area contributed by atoms with E-state index in [2.05, 4.69) is 22.4 Å². The zero-order valence-electron chi connectivity index (χ0n) is 12.2. The zero-order chi connectivity index (χ0) is 14.7. The van der Waals surface area contributed by atoms with Crippen molar-refractivity contribution >= 4 is 17.3 Å². The van der Waals surface area contributed by atoms with Crippen LogP contribution in [0.3, 0.4) is 0 Å². The molecule has 0 amide bonds. The van der Waals surface area contributed by atoms with Crippen LogP contribution in [0.5, 0.6) is 0 Å². The molecule has 1 aliphatic carbocycles. The standard InChI is InChI=1S/C16H20ClN3O/c1-11-4-2-5-12(8-11)16-19-15(21-20-16)10-18-14-7-3-6-13(17)9-14/h3,6-7,9,11-12,18H,2,4-5,8,10H2,1H3. The van der Waals surface area contributed by atoms with Gasteiger partial charge in [0.15, 0.2) is 5.82 Å². The predicted octanol–water partition coefficient (Wildman–Crippen LogP) is 4.63. The van der Waals surface area contributed by atoms with E-state index in [1.165, 1.54) is 25.7 Å². The number of rotatable bonds is 4. The van der Waals surface area contributed by atoms with Gasteiger partial charge in [0.25, 0.3) is 0 Å². The number of nitrogens with zero attached hydrogens (tertiary/aromatic N) is 2. The van der Waals surface area contributed by atoms with Gasteiger partial charge in [0, 0.05) is 16.6 Å². The Balaban J connectivity index is 1.60. The van der Waals surface area contributed by atoms with Gasteiger partial charge in [0.2, 0.25) is 5.89 Å². The van der Waals surface area contributed by atoms with Crippen LogP contribution in [-0.4, -0.2) is 10.1 Å². The molecule has 21 heavy (non-hydrogen) atoms. The normalized spacial score (nSPS) is 22.2. The number of hydrogen-bond acceptors (Lipinski definition) is 4. The lowest BCUT2D eigenvalue weighted by molar-refractivity contribution is 0.320. The van der Waals surface area contributed by atoms with Gasteiger partial charge in [0.05, 0.1) is 6.54 Å². The first-order chi connectivity index (χ1) is 10.2. The highest BCUT2D eigenvalue weighted by molar-refractivity contribution is 6.30. The second kappa shape index (κ2) is 6.48. The van der Waals surface area contributed by atoms with E-state index < -0.39 is 0 Å². The first kappa shape index (κ1) is 14.4. The zero-order valence-corrected chi connectivity index (χ0v) is 12.9. The molecule has 0 saturated heterocycles. The van der Waals surface area contributed by atoms with Crippen molar-refractivity contribution in [2.75, 3.05) is 5.32 Å². The molecule has 0 bridgehead atoms. The third-order valence-electron chi connectivity index (χ3n) is 4.05. The number of anilines is 1. The summed E-state index contributed by atoms with van der Waals surface area (Å²) in [7, 11) is 0. The number of nitrogens with one attached hydrogen (secondary N) is 1. The quantitative estimate of drug-likeness (QED) is 0.895. The smallest absolute Gasteiger partial charge is 0.245 e.